The van der Waals surface area contributed by atoms with Crippen LogP contribution in [0, 0.1) is 0 Å². The first-order valence-electron chi connectivity index (χ1n) is 23.1. The number of aliphatic hydroxyl groups excluding tert-OH is 2. The van der Waals surface area contributed by atoms with Gasteiger partial charge in [0.05, 0.1) is 26.4 Å². The number of allylic oxidation sites excluding steroid dienone is 8. The average molecular weight is 841 g/mol. The number of rotatable bonds is 43. The molecule has 0 aromatic heterocycles. The molecule has 0 rings (SSSR count). The number of ether oxygens (including phenoxy) is 2. The molecule has 0 aromatic carbocycles. The number of unbranched alkanes of at least 4 members (excludes halogenated alkanes) is 21. The molecule has 58 heavy (non-hydrogen) atoms. The van der Waals surface area contributed by atoms with Gasteiger partial charge in [-0.25, -0.2) is 4.57 Å². The van der Waals surface area contributed by atoms with Crippen molar-refractivity contribution in [2.24, 2.45) is 0 Å². The topological polar surface area (TPSA) is 149 Å². The number of hydrogen-bond acceptors (Lipinski definition) is 9. The van der Waals surface area contributed by atoms with Crippen LogP contribution in [0.1, 0.15) is 200 Å². The fourth-order valence-corrected chi connectivity index (χ4v) is 7.03. The summed E-state index contributed by atoms with van der Waals surface area (Å²) in [6.45, 7) is 2.09. The van der Waals surface area contributed by atoms with E-state index in [4.69, 9.17) is 18.5 Å². The zero-order chi connectivity index (χ0) is 42.6. The van der Waals surface area contributed by atoms with E-state index in [-0.39, 0.29) is 12.8 Å². The highest BCUT2D eigenvalue weighted by molar-refractivity contribution is 7.47. The maximum absolute atomic E-state index is 12.4. The fraction of sp³-hybridized carbons (Fsp3) is 0.787. The SMILES string of the molecule is CC/C=C\C/C=C\C/C=C\CCCCCCCCCC(=O)OC(CO)COP(=O)(O)OCC(CO)OC(=O)CCCCCCCCC/C=C\CCCCCCCCC. The van der Waals surface area contributed by atoms with Gasteiger partial charge < -0.3 is 24.6 Å². The molecule has 0 aliphatic heterocycles. The summed E-state index contributed by atoms with van der Waals surface area (Å²) in [5, 5.41) is 19.2. The van der Waals surface area contributed by atoms with E-state index in [2.05, 4.69) is 62.5 Å². The van der Waals surface area contributed by atoms with Crippen LogP contribution in [0.5, 0.6) is 0 Å². The van der Waals surface area contributed by atoms with E-state index in [1.165, 1.54) is 83.5 Å². The highest BCUT2D eigenvalue weighted by Gasteiger charge is 2.27. The van der Waals surface area contributed by atoms with Crippen molar-refractivity contribution in [3.05, 3.63) is 48.6 Å². The maximum atomic E-state index is 12.4. The molecule has 0 radical (unpaired) electrons. The second-order valence-electron chi connectivity index (χ2n) is 15.4. The molecule has 0 spiro atoms. The highest BCUT2D eigenvalue weighted by Crippen LogP contribution is 2.43. The van der Waals surface area contributed by atoms with Crippen LogP contribution >= 0.6 is 7.82 Å². The van der Waals surface area contributed by atoms with Gasteiger partial charge in [-0.1, -0.05) is 165 Å². The second-order valence-corrected chi connectivity index (χ2v) is 16.8. The Bertz CT molecular complexity index is 1110. The summed E-state index contributed by atoms with van der Waals surface area (Å²) in [5.41, 5.74) is 0. The Labute approximate surface area is 353 Å². The summed E-state index contributed by atoms with van der Waals surface area (Å²) in [6.07, 6.45) is 46.5. The summed E-state index contributed by atoms with van der Waals surface area (Å²) in [6, 6.07) is 0. The predicted octanol–water partition coefficient (Wildman–Crippen LogP) is 12.5. The molecular weight excluding hydrogens is 755 g/mol. The van der Waals surface area contributed by atoms with E-state index in [0.29, 0.717) is 12.8 Å². The van der Waals surface area contributed by atoms with Gasteiger partial charge in [0.2, 0.25) is 0 Å². The van der Waals surface area contributed by atoms with E-state index in [0.717, 1.165) is 77.0 Å². The molecule has 0 fully saturated rings. The molecule has 338 valence electrons. The summed E-state index contributed by atoms with van der Waals surface area (Å²) in [4.78, 5) is 34.6. The molecule has 0 saturated heterocycles. The minimum Gasteiger partial charge on any atom is -0.457 e. The van der Waals surface area contributed by atoms with Crippen LogP contribution in [-0.4, -0.2) is 65.7 Å². The van der Waals surface area contributed by atoms with Crippen molar-refractivity contribution < 1.29 is 47.8 Å². The molecule has 0 saturated carbocycles. The Morgan fingerprint density at radius 1 is 0.483 bits per heavy atom. The third-order valence-electron chi connectivity index (χ3n) is 9.78. The van der Waals surface area contributed by atoms with Crippen molar-refractivity contribution in [3.63, 3.8) is 0 Å². The zero-order valence-electron chi connectivity index (χ0n) is 36.8. The monoisotopic (exact) mass is 841 g/mol. The van der Waals surface area contributed by atoms with Crippen LogP contribution in [-0.2, 0) is 32.7 Å². The quantitative estimate of drug-likeness (QED) is 0.0234. The van der Waals surface area contributed by atoms with Crippen LogP contribution in [0.25, 0.3) is 0 Å². The maximum Gasteiger partial charge on any atom is 0.472 e. The minimum absolute atomic E-state index is 0.180. The van der Waals surface area contributed by atoms with Crippen molar-refractivity contribution in [1.29, 1.82) is 0 Å². The van der Waals surface area contributed by atoms with Crippen LogP contribution in [0.15, 0.2) is 48.6 Å². The number of carbonyl (C=O) groups excluding carboxylic acids is 2. The largest absolute Gasteiger partial charge is 0.472 e. The van der Waals surface area contributed by atoms with Gasteiger partial charge in [-0.15, -0.1) is 0 Å². The smallest absolute Gasteiger partial charge is 0.457 e. The molecule has 0 aliphatic carbocycles. The second kappa shape index (κ2) is 43.0. The lowest BCUT2D eigenvalue weighted by Crippen LogP contribution is -2.28. The molecular formula is C47H85O10P. The molecule has 0 aliphatic rings. The van der Waals surface area contributed by atoms with Crippen molar-refractivity contribution in [3.8, 4) is 0 Å². The Hall–Kier alpha value is -2.07. The molecule has 3 N–H and O–H groups in total. The van der Waals surface area contributed by atoms with Crippen molar-refractivity contribution in [2.45, 2.75) is 212 Å². The number of aliphatic hydroxyl groups is 2. The van der Waals surface area contributed by atoms with Gasteiger partial charge in [-0.2, -0.15) is 0 Å². The molecule has 3 atom stereocenters. The van der Waals surface area contributed by atoms with E-state index >= 15 is 0 Å². The lowest BCUT2D eigenvalue weighted by atomic mass is 10.1. The van der Waals surface area contributed by atoms with Gasteiger partial charge in [0.25, 0.3) is 0 Å². The van der Waals surface area contributed by atoms with Gasteiger partial charge in [0, 0.05) is 12.8 Å². The Morgan fingerprint density at radius 2 is 0.810 bits per heavy atom. The first kappa shape index (κ1) is 55.9. The first-order chi connectivity index (χ1) is 28.3. The highest BCUT2D eigenvalue weighted by atomic mass is 31.2. The van der Waals surface area contributed by atoms with Gasteiger partial charge in [0.1, 0.15) is 12.2 Å². The van der Waals surface area contributed by atoms with Gasteiger partial charge in [-0.05, 0) is 70.6 Å². The number of phosphoric ester groups is 1. The van der Waals surface area contributed by atoms with E-state index in [9.17, 15) is 29.3 Å². The van der Waals surface area contributed by atoms with Crippen LogP contribution in [0.2, 0.25) is 0 Å². The summed E-state index contributed by atoms with van der Waals surface area (Å²) in [5.74, 6) is -1.03. The van der Waals surface area contributed by atoms with Crippen molar-refractivity contribution in [2.75, 3.05) is 26.4 Å². The zero-order valence-corrected chi connectivity index (χ0v) is 37.6. The third kappa shape index (κ3) is 40.7. The molecule has 0 heterocycles. The molecule has 0 amide bonds. The molecule has 11 heteroatoms. The Morgan fingerprint density at radius 3 is 1.19 bits per heavy atom. The van der Waals surface area contributed by atoms with Gasteiger partial charge in [-0.3, -0.25) is 18.6 Å². The lowest BCUT2D eigenvalue weighted by Gasteiger charge is -2.20. The summed E-state index contributed by atoms with van der Waals surface area (Å²) in [7, 11) is -4.64. The molecule has 3 unspecified atom stereocenters. The Kier molecular flexibility index (Phi) is 41.5. The molecule has 10 nitrogen and oxygen atoms in total. The first-order valence-corrected chi connectivity index (χ1v) is 24.6. The van der Waals surface area contributed by atoms with Gasteiger partial charge >= 0.3 is 19.8 Å². The molecule has 0 bridgehead atoms. The van der Waals surface area contributed by atoms with E-state index in [1.54, 1.807) is 0 Å². The number of carbonyl (C=O) groups is 2. The summed E-state index contributed by atoms with van der Waals surface area (Å²) < 4.78 is 32.6. The Balaban J connectivity index is 3.91. The van der Waals surface area contributed by atoms with E-state index < -0.39 is 58.4 Å². The third-order valence-corrected chi connectivity index (χ3v) is 10.7. The van der Waals surface area contributed by atoms with Crippen LogP contribution < -0.4 is 0 Å². The van der Waals surface area contributed by atoms with Crippen LogP contribution in [0.4, 0.5) is 0 Å². The number of esters is 2. The lowest BCUT2D eigenvalue weighted by molar-refractivity contribution is -0.153. The summed E-state index contributed by atoms with van der Waals surface area (Å²) >= 11 is 0. The number of hydrogen-bond donors (Lipinski definition) is 3. The minimum atomic E-state index is -4.64. The van der Waals surface area contributed by atoms with Crippen LogP contribution in [0.3, 0.4) is 0 Å². The number of phosphoric acid groups is 1. The van der Waals surface area contributed by atoms with Crippen molar-refractivity contribution >= 4 is 19.8 Å². The van der Waals surface area contributed by atoms with Crippen molar-refractivity contribution in [1.82, 2.24) is 0 Å². The van der Waals surface area contributed by atoms with Gasteiger partial charge in [0.15, 0.2) is 0 Å². The standard InChI is InChI=1S/C47H85O10P/c1-3-5-7-9-11-13-15-17-19-21-23-25-27-29-31-33-35-37-39-47(51)57-45(41-49)43-55-58(52,53)54-42-44(40-48)56-46(50)38-36-34-32-30-28-26-24-22-20-18-16-14-12-10-8-6-4-2/h6,8,12,14,18-21,44-45,48-49H,3-5,7,9-11,13,15-17,22-43H2,1-2H3,(H,52,53)/b8-6-,14-12-,20-18-,21-19-. The average Bonchev–Trinajstić information content (AvgIpc) is 3.21. The normalized spacial score (nSPS) is 14.2. The molecule has 0 aromatic rings. The predicted molar refractivity (Wildman–Crippen MR) is 237 cm³/mol. The fourth-order valence-electron chi connectivity index (χ4n) is 6.24. The van der Waals surface area contributed by atoms with E-state index in [1.807, 2.05) is 0 Å².